The van der Waals surface area contributed by atoms with Gasteiger partial charge >= 0.3 is 0 Å². The summed E-state index contributed by atoms with van der Waals surface area (Å²) in [5, 5.41) is 0. The second-order valence-electron chi connectivity index (χ2n) is 0.408. The third-order valence-corrected chi connectivity index (χ3v) is 0. The molecule has 1 nitrogen and oxygen atoms in total. The zero-order valence-corrected chi connectivity index (χ0v) is 7.97. The van der Waals surface area contributed by atoms with Gasteiger partial charge in [0.1, 0.15) is 21.0 Å². The fourth-order valence-corrected chi connectivity index (χ4v) is 0. The Morgan fingerprint density at radius 3 is 1.25 bits per heavy atom. The third-order valence-electron chi connectivity index (χ3n) is 0. The summed E-state index contributed by atoms with van der Waals surface area (Å²) in [4.78, 5) is 0. The Hall–Kier alpha value is 0.913. The van der Waals surface area contributed by atoms with E-state index in [-0.39, 0.29) is 17.1 Å². The molecule has 0 fully saturated rings. The van der Waals surface area contributed by atoms with Crippen LogP contribution in [0.15, 0.2) is 0 Å². The van der Waals surface area contributed by atoms with Crippen LogP contribution in [0.4, 0.5) is 0 Å². The van der Waals surface area contributed by atoms with Crippen LogP contribution in [0.1, 0.15) is 0 Å². The summed E-state index contributed by atoms with van der Waals surface area (Å²) in [6, 6.07) is 0. The van der Waals surface area contributed by atoms with Crippen LogP contribution in [0.3, 0.4) is 0 Å². The van der Waals surface area contributed by atoms with Crippen molar-refractivity contribution in [3.63, 3.8) is 0 Å². The van der Waals surface area contributed by atoms with Gasteiger partial charge in [0.15, 0.2) is 0 Å². The van der Waals surface area contributed by atoms with Gasteiger partial charge in [-0.1, -0.05) is 0 Å². The number of rotatable bonds is 0. The van der Waals surface area contributed by atoms with Gasteiger partial charge in [0.2, 0.25) is 0 Å². The summed E-state index contributed by atoms with van der Waals surface area (Å²) in [6.07, 6.45) is 0. The summed E-state index contributed by atoms with van der Waals surface area (Å²) < 4.78 is 4.53. The van der Waals surface area contributed by atoms with Crippen LogP contribution in [0, 0.1) is 0 Å². The molecule has 0 aromatic carbocycles. The Morgan fingerprint density at radius 1 is 1.25 bits per heavy atom. The Bertz CT molecular complexity index is 6.00. The summed E-state index contributed by atoms with van der Waals surface area (Å²) >= 11 is 0. The van der Waals surface area contributed by atoms with Gasteiger partial charge in [0, 0.05) is 17.1 Å². The van der Waals surface area contributed by atoms with Crippen molar-refractivity contribution >= 4 is 21.0 Å². The van der Waals surface area contributed by atoms with Gasteiger partial charge in [-0.2, -0.15) is 0 Å². The van der Waals surface area contributed by atoms with Crippen LogP contribution in [0.5, 0.6) is 0 Å². The molecule has 0 unspecified atom stereocenters. The Labute approximate surface area is 42.7 Å². The predicted molar refractivity (Wildman–Crippen MR) is 21.0 cm³/mol. The molecule has 0 N–H and O–H groups in total. The maximum atomic E-state index is 4.53. The maximum absolute atomic E-state index is 4.53. The van der Waals surface area contributed by atoms with Crippen molar-refractivity contribution in [3.05, 3.63) is 0 Å². The largest absolute Gasteiger partial charge is 0.471 e. The topological polar surface area (TPSA) is 9.23 Å². The van der Waals surface area contributed by atoms with Crippen molar-refractivity contribution in [2.45, 2.75) is 0 Å². The van der Waals surface area contributed by atoms with Gasteiger partial charge in [0.05, 0.1) is 0 Å². The first-order valence-electron chi connectivity index (χ1n) is 0.816. The first-order chi connectivity index (χ1) is 1.41. The average molecular weight is 133 g/mol. The molecule has 0 rings (SSSR count). The smallest absolute Gasteiger partial charge is 0.129 e. The zero-order chi connectivity index (χ0) is 2.71. The van der Waals surface area contributed by atoms with E-state index in [1.807, 2.05) is 0 Å². The summed E-state index contributed by atoms with van der Waals surface area (Å²) in [5.41, 5.74) is 0. The van der Waals surface area contributed by atoms with Crippen molar-refractivity contribution in [2.75, 3.05) is 0 Å². The molecule has 4 heavy (non-hydrogen) atoms. The molecule has 0 heterocycles. The minimum atomic E-state index is 0. The predicted octanol–water partition coefficient (Wildman–Crippen LogP) is -2.44. The van der Waals surface area contributed by atoms with Crippen molar-refractivity contribution in [1.82, 2.24) is 0 Å². The van der Waals surface area contributed by atoms with Crippen LogP contribution in [0.25, 0.3) is 0 Å². The quantitative estimate of drug-likeness (QED) is 0.334. The summed E-state index contributed by atoms with van der Waals surface area (Å²) in [6.45, 7) is 0. The van der Waals surface area contributed by atoms with E-state index in [1.165, 1.54) is 0 Å². The normalized spacial score (nSPS) is 6.00. The summed E-state index contributed by atoms with van der Waals surface area (Å²) in [7, 11) is 1.86. The van der Waals surface area contributed by atoms with E-state index in [4.69, 9.17) is 0 Å². The SMILES string of the molecule is [Mn].[SiH3]O[SiH3]. The van der Waals surface area contributed by atoms with Crippen LogP contribution in [0.2, 0.25) is 0 Å². The number of hydrogen-bond acceptors (Lipinski definition) is 1. The second kappa shape index (κ2) is 9.07. The van der Waals surface area contributed by atoms with E-state index >= 15 is 0 Å². The molecule has 0 saturated carbocycles. The third kappa shape index (κ3) is 12.8. The van der Waals surface area contributed by atoms with Crippen LogP contribution in [-0.4, -0.2) is 21.0 Å². The molecule has 0 amide bonds. The maximum Gasteiger partial charge on any atom is 0.129 e. The second-order valence-corrected chi connectivity index (χ2v) is 3.67. The van der Waals surface area contributed by atoms with E-state index < -0.39 is 0 Å². The minimum absolute atomic E-state index is 0. The van der Waals surface area contributed by atoms with E-state index in [0.717, 1.165) is 21.0 Å². The average Bonchev–Trinajstić information content (AvgIpc) is 0.918. The Kier molecular flexibility index (Phi) is 20.1. The molecule has 0 aliphatic rings. The molecule has 0 atom stereocenters. The molecule has 1 radical (unpaired) electrons. The molecule has 27 valence electrons. The molecule has 0 spiro atoms. The number of hydrogen-bond donors (Lipinski definition) is 0. The molecule has 0 aromatic rings. The monoisotopic (exact) mass is 133 g/mol. The van der Waals surface area contributed by atoms with Gasteiger partial charge in [-0.15, -0.1) is 0 Å². The zero-order valence-electron chi connectivity index (χ0n) is 2.79. The molecule has 0 bridgehead atoms. The van der Waals surface area contributed by atoms with Crippen molar-refractivity contribution in [3.8, 4) is 0 Å². The van der Waals surface area contributed by atoms with Gasteiger partial charge in [-0.05, 0) is 0 Å². The van der Waals surface area contributed by atoms with E-state index in [2.05, 4.69) is 4.12 Å². The van der Waals surface area contributed by atoms with Crippen LogP contribution >= 0.6 is 0 Å². The first-order valence-corrected chi connectivity index (χ1v) is 2.45. The molecular weight excluding hydrogens is 127 g/mol. The fourth-order valence-electron chi connectivity index (χ4n) is 0. The van der Waals surface area contributed by atoms with Crippen molar-refractivity contribution in [2.24, 2.45) is 0 Å². The summed E-state index contributed by atoms with van der Waals surface area (Å²) in [5.74, 6) is 0. The van der Waals surface area contributed by atoms with Crippen molar-refractivity contribution in [1.29, 1.82) is 0 Å². The van der Waals surface area contributed by atoms with E-state index in [9.17, 15) is 0 Å². The fraction of sp³-hybridized carbons (Fsp3) is 0. The van der Waals surface area contributed by atoms with Crippen LogP contribution in [-0.2, 0) is 21.2 Å². The van der Waals surface area contributed by atoms with Crippen LogP contribution < -0.4 is 0 Å². The van der Waals surface area contributed by atoms with Gasteiger partial charge in [0.25, 0.3) is 0 Å². The molecule has 0 aliphatic carbocycles. The van der Waals surface area contributed by atoms with E-state index in [0.29, 0.717) is 0 Å². The van der Waals surface area contributed by atoms with E-state index in [1.54, 1.807) is 0 Å². The molecule has 4 heteroatoms. The molecular formula is H6MnOSi2. The van der Waals surface area contributed by atoms with Gasteiger partial charge in [-0.25, -0.2) is 0 Å². The molecule has 0 aromatic heterocycles. The van der Waals surface area contributed by atoms with Gasteiger partial charge < -0.3 is 4.12 Å². The minimum Gasteiger partial charge on any atom is -0.471 e. The molecule has 0 aliphatic heterocycles. The standard InChI is InChI=1S/Mn.H6OSi2/c;2-1-3/h;2-3H3. The first kappa shape index (κ1) is 8.87. The molecule has 0 saturated heterocycles. The van der Waals surface area contributed by atoms with Crippen molar-refractivity contribution < 1.29 is 21.2 Å². The Morgan fingerprint density at radius 2 is 1.25 bits per heavy atom. The van der Waals surface area contributed by atoms with Gasteiger partial charge in [-0.3, -0.25) is 0 Å². The Balaban J connectivity index is 0.